The molecule has 1 aliphatic heterocycles. The van der Waals surface area contributed by atoms with Crippen LogP contribution in [0.5, 0.6) is 0 Å². The van der Waals surface area contributed by atoms with E-state index >= 15 is 0 Å². The lowest BCUT2D eigenvalue weighted by Gasteiger charge is -2.22. The fraction of sp³-hybridized carbons (Fsp3) is 0.556. The second-order valence-electron chi connectivity index (χ2n) is 3.82. The van der Waals surface area contributed by atoms with Crippen LogP contribution in [0.25, 0.3) is 0 Å². The third-order valence-electron chi connectivity index (χ3n) is 2.49. The van der Waals surface area contributed by atoms with Gasteiger partial charge in [0.05, 0.1) is 5.56 Å². The van der Waals surface area contributed by atoms with Gasteiger partial charge in [-0.15, -0.1) is 0 Å². The highest BCUT2D eigenvalue weighted by molar-refractivity contribution is 5.46. The van der Waals surface area contributed by atoms with Crippen molar-refractivity contribution in [1.29, 1.82) is 0 Å². The van der Waals surface area contributed by atoms with Gasteiger partial charge >= 0.3 is 6.18 Å². The Labute approximate surface area is 88.9 Å². The first-order chi connectivity index (χ1) is 7.38. The number of anilines is 1. The van der Waals surface area contributed by atoms with Crippen molar-refractivity contribution in [2.24, 2.45) is 0 Å². The Morgan fingerprint density at radius 1 is 1.44 bits per heavy atom. The summed E-state index contributed by atoms with van der Waals surface area (Å²) in [5.74, 6) is -1.20. The third-order valence-corrected chi connectivity index (χ3v) is 2.49. The predicted molar refractivity (Wildman–Crippen MR) is 51.3 cm³/mol. The van der Waals surface area contributed by atoms with Gasteiger partial charge in [0.2, 0.25) is 5.82 Å². The molecule has 0 saturated carbocycles. The van der Waals surface area contributed by atoms with E-state index in [0.717, 1.165) is 0 Å². The molecule has 7 heteroatoms. The quantitative estimate of drug-likeness (QED) is 0.714. The number of halogens is 3. The molecule has 16 heavy (non-hydrogen) atoms. The molecule has 1 unspecified atom stereocenters. The number of aromatic nitrogens is 2. The summed E-state index contributed by atoms with van der Waals surface area (Å²) in [6, 6.07) is 0.0304. The molecule has 0 bridgehead atoms. The topological polar surface area (TPSA) is 57.8 Å². The molecule has 1 atom stereocenters. The molecule has 4 nitrogen and oxygen atoms in total. The summed E-state index contributed by atoms with van der Waals surface area (Å²) in [6.07, 6.45) is -3.47. The van der Waals surface area contributed by atoms with Crippen LogP contribution in [-0.4, -0.2) is 16.0 Å². The van der Waals surface area contributed by atoms with Crippen molar-refractivity contribution in [3.05, 3.63) is 21.7 Å². The highest BCUT2D eigenvalue weighted by Crippen LogP contribution is 2.28. The molecule has 0 aliphatic carbocycles. The lowest BCUT2D eigenvalue weighted by molar-refractivity contribution is -0.145. The molecule has 0 saturated heterocycles. The Hall–Kier alpha value is -1.53. The number of H-pyrrole nitrogens is 1. The number of alkyl halides is 3. The van der Waals surface area contributed by atoms with Gasteiger partial charge in [0.1, 0.15) is 5.82 Å². The van der Waals surface area contributed by atoms with E-state index in [1.54, 1.807) is 4.98 Å². The number of fused-ring (bicyclic) bond motifs is 1. The first-order valence-electron chi connectivity index (χ1n) is 4.85. The first kappa shape index (κ1) is 11.0. The second kappa shape index (κ2) is 3.50. The van der Waals surface area contributed by atoms with Gasteiger partial charge in [-0.2, -0.15) is 13.2 Å². The van der Waals surface area contributed by atoms with Crippen molar-refractivity contribution >= 4 is 5.82 Å². The van der Waals surface area contributed by atoms with Crippen LogP contribution in [-0.2, 0) is 12.6 Å². The normalized spacial score (nSPS) is 20.1. The van der Waals surface area contributed by atoms with Crippen LogP contribution in [0.15, 0.2) is 4.79 Å². The van der Waals surface area contributed by atoms with Crippen molar-refractivity contribution in [3.63, 3.8) is 0 Å². The molecule has 0 radical (unpaired) electrons. The van der Waals surface area contributed by atoms with Crippen molar-refractivity contribution in [2.45, 2.75) is 32.0 Å². The summed E-state index contributed by atoms with van der Waals surface area (Å²) in [5.41, 5.74) is -0.414. The average molecular weight is 233 g/mol. The first-order valence-corrected chi connectivity index (χ1v) is 4.85. The molecule has 0 amide bonds. The fourth-order valence-corrected chi connectivity index (χ4v) is 1.65. The van der Waals surface area contributed by atoms with E-state index < -0.39 is 17.6 Å². The Bertz CT molecular complexity index is 466. The van der Waals surface area contributed by atoms with Gasteiger partial charge in [-0.3, -0.25) is 4.79 Å². The van der Waals surface area contributed by atoms with Crippen molar-refractivity contribution in [2.75, 3.05) is 5.32 Å². The maximum Gasteiger partial charge on any atom is 0.449 e. The van der Waals surface area contributed by atoms with Gasteiger partial charge < -0.3 is 10.3 Å². The number of aromatic amines is 1. The van der Waals surface area contributed by atoms with Gasteiger partial charge in [0, 0.05) is 6.04 Å². The van der Waals surface area contributed by atoms with E-state index in [2.05, 4.69) is 10.3 Å². The molecule has 0 spiro atoms. The summed E-state index contributed by atoms with van der Waals surface area (Å²) in [6.45, 7) is 1.83. The Morgan fingerprint density at radius 3 is 2.75 bits per heavy atom. The highest BCUT2D eigenvalue weighted by Gasteiger charge is 2.35. The van der Waals surface area contributed by atoms with Crippen LogP contribution >= 0.6 is 0 Å². The number of nitrogens with one attached hydrogen (secondary N) is 2. The monoisotopic (exact) mass is 233 g/mol. The smallest absolute Gasteiger partial charge is 0.367 e. The molecule has 1 aromatic rings. The molecule has 0 aromatic carbocycles. The van der Waals surface area contributed by atoms with E-state index in [1.807, 2.05) is 6.92 Å². The molecule has 88 valence electrons. The zero-order chi connectivity index (χ0) is 11.9. The van der Waals surface area contributed by atoms with Gasteiger partial charge in [0.25, 0.3) is 5.56 Å². The van der Waals surface area contributed by atoms with Crippen molar-refractivity contribution < 1.29 is 13.2 Å². The lowest BCUT2D eigenvalue weighted by Crippen LogP contribution is -2.31. The Morgan fingerprint density at radius 2 is 2.12 bits per heavy atom. The van der Waals surface area contributed by atoms with Gasteiger partial charge in [-0.05, 0) is 19.8 Å². The van der Waals surface area contributed by atoms with Gasteiger partial charge in [0.15, 0.2) is 0 Å². The number of hydrogen-bond donors (Lipinski definition) is 2. The molecular formula is C9H10F3N3O. The van der Waals surface area contributed by atoms with E-state index in [4.69, 9.17) is 0 Å². The minimum Gasteiger partial charge on any atom is -0.367 e. The number of rotatable bonds is 0. The Balaban J connectivity index is 2.52. The molecule has 1 aromatic heterocycles. The SMILES string of the molecule is CC1CCc2c(nc(C(F)(F)F)[nH]c2=O)N1. The second-order valence-corrected chi connectivity index (χ2v) is 3.82. The van der Waals surface area contributed by atoms with Crippen LogP contribution in [0.2, 0.25) is 0 Å². The van der Waals surface area contributed by atoms with Crippen molar-refractivity contribution in [1.82, 2.24) is 9.97 Å². The molecule has 0 fully saturated rings. The van der Waals surface area contributed by atoms with E-state index in [0.29, 0.717) is 18.4 Å². The average Bonchev–Trinajstić information content (AvgIpc) is 2.15. The molecule has 2 rings (SSSR count). The third kappa shape index (κ3) is 1.89. The van der Waals surface area contributed by atoms with E-state index in [-0.39, 0.29) is 11.9 Å². The zero-order valence-electron chi connectivity index (χ0n) is 8.48. The minimum atomic E-state index is -4.63. The number of hydrogen-bond acceptors (Lipinski definition) is 3. The van der Waals surface area contributed by atoms with Crippen LogP contribution in [0, 0.1) is 0 Å². The van der Waals surface area contributed by atoms with E-state index in [1.165, 1.54) is 0 Å². The van der Waals surface area contributed by atoms with E-state index in [9.17, 15) is 18.0 Å². The van der Waals surface area contributed by atoms with Crippen LogP contribution in [0.3, 0.4) is 0 Å². The number of nitrogens with zero attached hydrogens (tertiary/aromatic N) is 1. The Kier molecular flexibility index (Phi) is 2.40. The lowest BCUT2D eigenvalue weighted by atomic mass is 10.0. The highest BCUT2D eigenvalue weighted by atomic mass is 19.4. The largest absolute Gasteiger partial charge is 0.449 e. The minimum absolute atomic E-state index is 0.0304. The van der Waals surface area contributed by atoms with Crippen LogP contribution in [0.4, 0.5) is 19.0 Å². The summed E-state index contributed by atoms with van der Waals surface area (Å²) >= 11 is 0. The molecule has 1 aliphatic rings. The summed E-state index contributed by atoms with van der Waals surface area (Å²) in [7, 11) is 0. The van der Waals surface area contributed by atoms with Gasteiger partial charge in [-0.1, -0.05) is 0 Å². The molecular weight excluding hydrogens is 223 g/mol. The summed E-state index contributed by atoms with van der Waals surface area (Å²) < 4.78 is 37.1. The summed E-state index contributed by atoms with van der Waals surface area (Å²) in [4.78, 5) is 16.6. The zero-order valence-corrected chi connectivity index (χ0v) is 8.48. The van der Waals surface area contributed by atoms with Crippen LogP contribution < -0.4 is 10.9 Å². The predicted octanol–water partition coefficient (Wildman–Crippen LogP) is 1.54. The molecule has 2 N–H and O–H groups in total. The fourth-order valence-electron chi connectivity index (χ4n) is 1.65. The van der Waals surface area contributed by atoms with Crippen molar-refractivity contribution in [3.8, 4) is 0 Å². The maximum atomic E-state index is 12.4. The molecule has 2 heterocycles. The van der Waals surface area contributed by atoms with Gasteiger partial charge in [-0.25, -0.2) is 4.98 Å². The maximum absolute atomic E-state index is 12.4. The summed E-state index contributed by atoms with van der Waals surface area (Å²) in [5, 5.41) is 2.78. The van der Waals surface area contributed by atoms with Crippen LogP contribution in [0.1, 0.15) is 24.7 Å². The standard InChI is InChI=1S/C9H10F3N3O/c1-4-2-3-5-6(13-4)14-8(9(10,11)12)15-7(5)16/h4H,2-3H2,1H3,(H2,13,14,15,16).